The molecule has 4 rings (SSSR count). The van der Waals surface area contributed by atoms with Crippen LogP contribution in [0.5, 0.6) is 0 Å². The third-order valence-electron chi connectivity index (χ3n) is 3.62. The maximum absolute atomic E-state index is 9.75. The van der Waals surface area contributed by atoms with E-state index in [9.17, 15) is 17.3 Å². The maximum Gasteiger partial charge on any atom is 0.673 e. The number of aryl methyl sites for hydroxylation is 2. The van der Waals surface area contributed by atoms with Crippen molar-refractivity contribution in [3.8, 4) is 0 Å². The SMILES string of the molecule is Cn1c(=Pc2sc3ccccc3[n+]2C)sc2ccccc21.F[B-](F)(F)F. The van der Waals surface area contributed by atoms with Gasteiger partial charge in [-0.25, -0.2) is 0 Å². The number of hydrogen-bond acceptors (Lipinski definition) is 2. The first-order valence-electron chi connectivity index (χ1n) is 7.58. The molecule has 0 fully saturated rings. The van der Waals surface area contributed by atoms with E-state index >= 15 is 0 Å². The van der Waals surface area contributed by atoms with E-state index in [-0.39, 0.29) is 0 Å². The molecule has 0 saturated carbocycles. The summed E-state index contributed by atoms with van der Waals surface area (Å²) in [5, 5.41) is 0. The Morgan fingerprint density at radius 1 is 0.923 bits per heavy atom. The van der Waals surface area contributed by atoms with Crippen LogP contribution in [0.4, 0.5) is 17.3 Å². The molecule has 10 heteroatoms. The van der Waals surface area contributed by atoms with E-state index in [4.69, 9.17) is 0 Å². The second-order valence-electron chi connectivity index (χ2n) is 5.43. The highest BCUT2D eigenvalue weighted by molar-refractivity contribution is 7.53. The van der Waals surface area contributed by atoms with Gasteiger partial charge >= 0.3 is 7.25 Å². The molecular formula is C16H14BF4N2PS2. The van der Waals surface area contributed by atoms with Gasteiger partial charge in [0.2, 0.25) is 5.52 Å². The van der Waals surface area contributed by atoms with Gasteiger partial charge < -0.3 is 21.8 Å². The number of rotatable bonds is 1. The maximum atomic E-state index is 9.75. The molecule has 0 N–H and O–H groups in total. The van der Waals surface area contributed by atoms with Crippen molar-refractivity contribution in [1.82, 2.24) is 4.57 Å². The quantitative estimate of drug-likeness (QED) is 0.171. The number of fused-ring (bicyclic) bond motifs is 2. The molecule has 0 unspecified atom stereocenters. The van der Waals surface area contributed by atoms with Gasteiger partial charge in [0.1, 0.15) is 16.1 Å². The minimum Gasteiger partial charge on any atom is -0.418 e. The number of benzene rings is 2. The molecule has 0 spiro atoms. The molecule has 26 heavy (non-hydrogen) atoms. The van der Waals surface area contributed by atoms with Crippen LogP contribution in [0.25, 0.3) is 20.4 Å². The normalized spacial score (nSPS) is 12.5. The topological polar surface area (TPSA) is 8.81 Å². The summed E-state index contributed by atoms with van der Waals surface area (Å²) < 4.78 is 49.1. The Kier molecular flexibility index (Phi) is 5.51. The van der Waals surface area contributed by atoms with Gasteiger partial charge in [0, 0.05) is 13.1 Å². The zero-order chi connectivity index (χ0) is 18.9. The summed E-state index contributed by atoms with van der Waals surface area (Å²) in [4.78, 5) is 0. The molecule has 4 aromatic rings. The van der Waals surface area contributed by atoms with E-state index in [1.807, 2.05) is 22.7 Å². The molecule has 0 atom stereocenters. The van der Waals surface area contributed by atoms with Gasteiger partial charge in [-0.3, -0.25) is 0 Å². The smallest absolute Gasteiger partial charge is 0.418 e. The number of para-hydroxylation sites is 2. The number of thiazole rings is 2. The van der Waals surface area contributed by atoms with Crippen LogP contribution < -0.4 is 9.32 Å². The second-order valence-corrected chi connectivity index (χ2v) is 9.17. The molecule has 0 saturated heterocycles. The molecule has 2 aromatic carbocycles. The van der Waals surface area contributed by atoms with Crippen LogP contribution in [0.1, 0.15) is 0 Å². The summed E-state index contributed by atoms with van der Waals surface area (Å²) in [7, 11) is -0.398. The van der Waals surface area contributed by atoms with Crippen molar-refractivity contribution in [2.45, 2.75) is 0 Å². The van der Waals surface area contributed by atoms with E-state index in [1.54, 1.807) is 0 Å². The molecule has 0 bridgehead atoms. The van der Waals surface area contributed by atoms with Crippen LogP contribution in [0.15, 0.2) is 48.5 Å². The van der Waals surface area contributed by atoms with Crippen molar-refractivity contribution in [2.24, 2.45) is 14.1 Å². The molecule has 0 amide bonds. The monoisotopic (exact) mass is 416 g/mol. The van der Waals surface area contributed by atoms with Gasteiger partial charge in [-0.1, -0.05) is 35.6 Å². The zero-order valence-corrected chi connectivity index (χ0v) is 16.4. The van der Waals surface area contributed by atoms with Gasteiger partial charge in [-0.2, -0.15) is 4.57 Å². The number of hydrogen-bond donors (Lipinski definition) is 0. The largest absolute Gasteiger partial charge is 0.673 e. The first-order chi connectivity index (χ1) is 12.2. The van der Waals surface area contributed by atoms with Crippen molar-refractivity contribution in [2.75, 3.05) is 0 Å². The molecule has 0 aliphatic heterocycles. The second kappa shape index (κ2) is 7.51. The highest BCUT2D eigenvalue weighted by Gasteiger charge is 2.20. The third-order valence-corrected chi connectivity index (χ3v) is 7.74. The summed E-state index contributed by atoms with van der Waals surface area (Å²) in [6.07, 6.45) is 0. The van der Waals surface area contributed by atoms with Crippen LogP contribution in [0.3, 0.4) is 0 Å². The highest BCUT2D eigenvalue weighted by Crippen LogP contribution is 2.26. The summed E-state index contributed by atoms with van der Waals surface area (Å²) in [5.41, 5.74) is 2.63. The van der Waals surface area contributed by atoms with Crippen LogP contribution >= 0.6 is 30.9 Å². The molecule has 2 heterocycles. The van der Waals surface area contributed by atoms with Crippen molar-refractivity contribution < 1.29 is 21.8 Å². The van der Waals surface area contributed by atoms with Crippen molar-refractivity contribution in [1.29, 1.82) is 0 Å². The Bertz CT molecular complexity index is 1120. The minimum atomic E-state index is -6.00. The predicted octanol–water partition coefficient (Wildman–Crippen LogP) is 5.38. The Morgan fingerprint density at radius 2 is 1.50 bits per heavy atom. The minimum absolute atomic E-state index is 1.28. The van der Waals surface area contributed by atoms with E-state index in [0.29, 0.717) is 0 Å². The molecule has 0 aliphatic rings. The van der Waals surface area contributed by atoms with Gasteiger partial charge in [0.05, 0.1) is 18.4 Å². The van der Waals surface area contributed by atoms with Crippen LogP contribution in [0, 0.1) is 4.38 Å². The van der Waals surface area contributed by atoms with Gasteiger partial charge in [-0.15, -0.1) is 11.3 Å². The van der Waals surface area contributed by atoms with Gasteiger partial charge in [-0.05, 0) is 18.2 Å². The van der Waals surface area contributed by atoms with Crippen LogP contribution in [0.2, 0.25) is 0 Å². The lowest BCUT2D eigenvalue weighted by atomic mass is 10.3. The Morgan fingerprint density at radius 3 is 2.12 bits per heavy atom. The average Bonchev–Trinajstić information content (AvgIpc) is 3.05. The van der Waals surface area contributed by atoms with E-state index < -0.39 is 7.25 Å². The number of aromatic nitrogens is 2. The lowest BCUT2D eigenvalue weighted by Crippen LogP contribution is -2.38. The first-order valence-corrected chi connectivity index (χ1v) is 10.1. The van der Waals surface area contributed by atoms with Crippen molar-refractivity contribution >= 4 is 63.3 Å². The van der Waals surface area contributed by atoms with E-state index in [0.717, 1.165) is 0 Å². The highest BCUT2D eigenvalue weighted by atomic mass is 32.1. The average molecular weight is 416 g/mol. The fourth-order valence-corrected chi connectivity index (χ4v) is 6.56. The Hall–Kier alpha value is -1.70. The Labute approximate surface area is 156 Å². The molecule has 0 radical (unpaired) electrons. The van der Waals surface area contributed by atoms with E-state index in [2.05, 4.69) is 71.8 Å². The summed E-state index contributed by atoms with van der Waals surface area (Å²) in [5.74, 6) is 0. The van der Waals surface area contributed by atoms with Gasteiger partial charge in [0.25, 0.3) is 4.75 Å². The molecule has 0 aliphatic carbocycles. The zero-order valence-electron chi connectivity index (χ0n) is 13.9. The first kappa shape index (κ1) is 19.1. The Balaban J connectivity index is 0.000000349. The molecule has 136 valence electrons. The predicted molar refractivity (Wildman–Crippen MR) is 104 cm³/mol. The number of halogens is 4. The lowest BCUT2D eigenvalue weighted by molar-refractivity contribution is -0.622. The third kappa shape index (κ3) is 4.34. The molecule has 2 nitrogen and oxygen atoms in total. The van der Waals surface area contributed by atoms with E-state index in [1.165, 1.54) is 37.8 Å². The fourth-order valence-electron chi connectivity index (χ4n) is 2.46. The fraction of sp³-hybridized carbons (Fsp3) is 0.125. The summed E-state index contributed by atoms with van der Waals surface area (Å²) in [6, 6.07) is 17.2. The van der Waals surface area contributed by atoms with Crippen molar-refractivity contribution in [3.05, 3.63) is 52.9 Å². The number of nitrogens with zero attached hydrogens (tertiary/aromatic N) is 2. The standard InChI is InChI=1S/C16H14N2PS2.BF4/c1-17-11-7-3-5-9-13(11)20-15(17)19-16-18(2)12-8-4-6-10-14(12)21-16;2-1(3,4)5/h3-10H,1-2H3;/q+1;-1. The summed E-state index contributed by atoms with van der Waals surface area (Å²) in [6.45, 7) is 0. The van der Waals surface area contributed by atoms with Crippen LogP contribution in [-0.4, -0.2) is 11.8 Å². The van der Waals surface area contributed by atoms with Gasteiger partial charge in [0.15, 0.2) is 0 Å². The molecule has 2 aromatic heterocycles. The van der Waals surface area contributed by atoms with Crippen molar-refractivity contribution in [3.63, 3.8) is 0 Å². The summed E-state index contributed by atoms with van der Waals surface area (Å²) >= 11 is 3.76. The molecular weight excluding hydrogens is 402 g/mol. The lowest BCUT2D eigenvalue weighted by Gasteiger charge is -1.94. The van der Waals surface area contributed by atoms with Crippen LogP contribution in [-0.2, 0) is 14.1 Å².